The van der Waals surface area contributed by atoms with Crippen molar-refractivity contribution >= 4 is 27.0 Å². The van der Waals surface area contributed by atoms with E-state index in [1.165, 1.54) is 0 Å². The Labute approximate surface area is 89.7 Å². The topological polar surface area (TPSA) is 30.2 Å². The molecule has 2 rings (SSSR count). The molecule has 0 atom stereocenters. The normalized spacial score (nSPS) is 10.0. The van der Waals surface area contributed by atoms with Gasteiger partial charge < -0.3 is 0 Å². The Hall–Kier alpha value is -1.31. The minimum atomic E-state index is 0.541. The zero-order valence-corrected chi connectivity index (χ0v) is 8.98. The summed E-state index contributed by atoms with van der Waals surface area (Å²) in [5, 5.41) is 0. The standard InChI is InChI=1S/C11H7O2Se/c12-7-9-6-10(13-11(9)14)8-4-2-1-3-5-8/h1-7H. The van der Waals surface area contributed by atoms with Crippen LogP contribution in [0.1, 0.15) is 10.4 Å². The summed E-state index contributed by atoms with van der Waals surface area (Å²) < 4.78 is 5.95. The average Bonchev–Trinajstić information content (AvgIpc) is 2.61. The Kier molecular flexibility index (Phi) is 2.53. The van der Waals surface area contributed by atoms with Crippen LogP contribution in [0.2, 0.25) is 0 Å². The van der Waals surface area contributed by atoms with E-state index in [9.17, 15) is 4.79 Å². The molecule has 0 unspecified atom stereocenters. The van der Waals surface area contributed by atoms with Crippen molar-refractivity contribution in [1.82, 2.24) is 0 Å². The molecule has 2 nitrogen and oxygen atoms in total. The molecule has 0 fully saturated rings. The summed E-state index contributed by atoms with van der Waals surface area (Å²) >= 11 is 2.71. The summed E-state index contributed by atoms with van der Waals surface area (Å²) in [4.78, 5) is 10.6. The second-order valence-corrected chi connectivity index (χ2v) is 3.62. The van der Waals surface area contributed by atoms with E-state index < -0.39 is 0 Å². The molecule has 0 saturated carbocycles. The van der Waals surface area contributed by atoms with Gasteiger partial charge in [0.2, 0.25) is 0 Å². The van der Waals surface area contributed by atoms with Gasteiger partial charge in [-0.3, -0.25) is 0 Å². The fourth-order valence-electron chi connectivity index (χ4n) is 1.22. The van der Waals surface area contributed by atoms with Crippen LogP contribution >= 0.6 is 0 Å². The van der Waals surface area contributed by atoms with E-state index in [1.807, 2.05) is 30.3 Å². The molecule has 0 bridgehead atoms. The number of hydrogen-bond acceptors (Lipinski definition) is 2. The molecular weight excluding hydrogens is 243 g/mol. The Balaban J connectivity index is 2.48. The van der Waals surface area contributed by atoms with Crippen molar-refractivity contribution in [2.24, 2.45) is 0 Å². The van der Waals surface area contributed by atoms with Gasteiger partial charge in [0.25, 0.3) is 0 Å². The number of carbonyl (C=O) groups is 1. The van der Waals surface area contributed by atoms with Crippen LogP contribution in [0.3, 0.4) is 0 Å². The molecule has 0 spiro atoms. The molecule has 1 heterocycles. The van der Waals surface area contributed by atoms with Crippen LogP contribution in [-0.2, 0) is 0 Å². The SMILES string of the molecule is O=Cc1cc(-c2ccccc2)oc1[Se]. The van der Waals surface area contributed by atoms with E-state index in [2.05, 4.69) is 16.0 Å². The predicted octanol–water partition coefficient (Wildman–Crippen LogP) is 1.55. The zero-order chi connectivity index (χ0) is 9.97. The van der Waals surface area contributed by atoms with Crippen LogP contribution < -0.4 is 4.66 Å². The second-order valence-electron chi connectivity index (χ2n) is 2.84. The van der Waals surface area contributed by atoms with E-state index in [1.54, 1.807) is 6.07 Å². The Morgan fingerprint density at radius 2 is 1.93 bits per heavy atom. The molecule has 3 heteroatoms. The fraction of sp³-hybridized carbons (Fsp3) is 0. The minimum absolute atomic E-state index is 0.541. The number of benzene rings is 1. The van der Waals surface area contributed by atoms with Gasteiger partial charge in [0.05, 0.1) is 0 Å². The van der Waals surface area contributed by atoms with E-state index in [4.69, 9.17) is 4.42 Å². The van der Waals surface area contributed by atoms with Crippen molar-refractivity contribution in [3.8, 4) is 11.3 Å². The molecule has 1 radical (unpaired) electrons. The van der Waals surface area contributed by atoms with E-state index in [-0.39, 0.29) is 0 Å². The van der Waals surface area contributed by atoms with E-state index in [0.29, 0.717) is 16.0 Å². The van der Waals surface area contributed by atoms with Crippen LogP contribution in [0.4, 0.5) is 0 Å². The monoisotopic (exact) mass is 251 g/mol. The summed E-state index contributed by atoms with van der Waals surface area (Å²) in [6.45, 7) is 0. The van der Waals surface area contributed by atoms with Crippen molar-refractivity contribution in [1.29, 1.82) is 0 Å². The first-order valence-corrected chi connectivity index (χ1v) is 4.98. The molecule has 1 aromatic carbocycles. The molecule has 0 aliphatic rings. The molecule has 0 aliphatic heterocycles. The quantitative estimate of drug-likeness (QED) is 0.598. The third-order valence-electron chi connectivity index (χ3n) is 1.91. The third-order valence-corrected chi connectivity index (χ3v) is 2.58. The molecule has 14 heavy (non-hydrogen) atoms. The Morgan fingerprint density at radius 1 is 1.21 bits per heavy atom. The number of aldehydes is 1. The van der Waals surface area contributed by atoms with E-state index in [0.717, 1.165) is 11.8 Å². The van der Waals surface area contributed by atoms with Gasteiger partial charge in [-0.2, -0.15) is 0 Å². The number of rotatable bonds is 2. The molecule has 0 saturated heterocycles. The van der Waals surface area contributed by atoms with Gasteiger partial charge in [-0.25, -0.2) is 0 Å². The van der Waals surface area contributed by atoms with Crippen LogP contribution in [0, 0.1) is 0 Å². The van der Waals surface area contributed by atoms with Crippen LogP contribution in [0.5, 0.6) is 0 Å². The van der Waals surface area contributed by atoms with Crippen LogP contribution in [-0.4, -0.2) is 22.3 Å². The van der Waals surface area contributed by atoms with Crippen molar-refractivity contribution < 1.29 is 9.21 Å². The molecule has 0 N–H and O–H groups in total. The first kappa shape index (κ1) is 9.25. The maximum atomic E-state index is 10.6. The first-order chi connectivity index (χ1) is 6.81. The van der Waals surface area contributed by atoms with Crippen molar-refractivity contribution in [2.75, 3.05) is 0 Å². The summed E-state index contributed by atoms with van der Waals surface area (Å²) in [5.74, 6) is 0.710. The summed E-state index contributed by atoms with van der Waals surface area (Å²) in [5.41, 5.74) is 1.53. The average molecular weight is 250 g/mol. The predicted molar refractivity (Wildman–Crippen MR) is 54.9 cm³/mol. The third kappa shape index (κ3) is 1.65. The van der Waals surface area contributed by atoms with Crippen molar-refractivity contribution in [3.05, 3.63) is 42.0 Å². The molecule has 69 valence electrons. The Bertz CT molecular complexity index is 446. The number of carbonyl (C=O) groups excluding carboxylic acids is 1. The molecule has 0 aliphatic carbocycles. The fourth-order valence-corrected chi connectivity index (χ4v) is 1.63. The number of hydrogen-bond donors (Lipinski definition) is 0. The van der Waals surface area contributed by atoms with Crippen LogP contribution in [0.15, 0.2) is 40.8 Å². The van der Waals surface area contributed by atoms with Gasteiger partial charge in [0.1, 0.15) is 0 Å². The van der Waals surface area contributed by atoms with Gasteiger partial charge in [0.15, 0.2) is 0 Å². The molecule has 0 amide bonds. The summed E-state index contributed by atoms with van der Waals surface area (Å²) in [6.07, 6.45) is 0.780. The number of furan rings is 1. The van der Waals surface area contributed by atoms with Crippen LogP contribution in [0.25, 0.3) is 11.3 Å². The van der Waals surface area contributed by atoms with Crippen molar-refractivity contribution in [3.63, 3.8) is 0 Å². The zero-order valence-electron chi connectivity index (χ0n) is 7.27. The van der Waals surface area contributed by atoms with Gasteiger partial charge in [-0.15, -0.1) is 0 Å². The van der Waals surface area contributed by atoms with Gasteiger partial charge in [-0.1, -0.05) is 0 Å². The maximum absolute atomic E-state index is 10.6. The molecular formula is C11H7O2Se. The van der Waals surface area contributed by atoms with E-state index >= 15 is 0 Å². The first-order valence-electron chi connectivity index (χ1n) is 4.12. The van der Waals surface area contributed by atoms with Gasteiger partial charge >= 0.3 is 89.5 Å². The second kappa shape index (κ2) is 3.82. The van der Waals surface area contributed by atoms with Crippen molar-refractivity contribution in [2.45, 2.75) is 0 Å². The van der Waals surface area contributed by atoms with Gasteiger partial charge in [-0.05, 0) is 0 Å². The summed E-state index contributed by atoms with van der Waals surface area (Å²) in [7, 11) is 0. The Morgan fingerprint density at radius 3 is 2.50 bits per heavy atom. The molecule has 2 aromatic rings. The van der Waals surface area contributed by atoms with Gasteiger partial charge in [0, 0.05) is 0 Å². The summed E-state index contributed by atoms with van der Waals surface area (Å²) in [6, 6.07) is 11.4. The molecule has 1 aromatic heterocycles.